The van der Waals surface area contributed by atoms with Crippen LogP contribution in [0.2, 0.25) is 0 Å². The lowest BCUT2D eigenvalue weighted by Gasteiger charge is -2.04. The van der Waals surface area contributed by atoms with Crippen LogP contribution in [-0.4, -0.2) is 11.2 Å². The summed E-state index contributed by atoms with van der Waals surface area (Å²) in [6.07, 6.45) is 2.65. The Labute approximate surface area is 103 Å². The third-order valence-electron chi connectivity index (χ3n) is 2.23. The second kappa shape index (κ2) is 7.01. The minimum Gasteiger partial charge on any atom is -0.352 e. The number of hydrogen-bond acceptors (Lipinski definition) is 2. The molecule has 0 aliphatic heterocycles. The number of alkyl halides is 1. The molecule has 0 saturated heterocycles. The Morgan fingerprint density at radius 3 is 2.87 bits per heavy atom. The fourth-order valence-electron chi connectivity index (χ4n) is 1.23. The van der Waals surface area contributed by atoms with Gasteiger partial charge < -0.3 is 5.32 Å². The quantitative estimate of drug-likeness (QED) is 0.632. The van der Waals surface area contributed by atoms with Gasteiger partial charge in [0.1, 0.15) is 0 Å². The van der Waals surface area contributed by atoms with Gasteiger partial charge in [0.25, 0.3) is 0 Å². The van der Waals surface area contributed by atoms with Crippen LogP contribution in [0.1, 0.15) is 30.4 Å². The van der Waals surface area contributed by atoms with Gasteiger partial charge in [-0.25, -0.2) is 0 Å². The van der Waals surface area contributed by atoms with Crippen molar-refractivity contribution >= 4 is 33.2 Å². The van der Waals surface area contributed by atoms with Crippen molar-refractivity contribution in [2.45, 2.75) is 32.7 Å². The van der Waals surface area contributed by atoms with Crippen LogP contribution in [0.25, 0.3) is 0 Å². The first-order valence-electron chi connectivity index (χ1n) is 5.08. The van der Waals surface area contributed by atoms with Gasteiger partial charge in [0.15, 0.2) is 0 Å². The molecule has 1 aromatic rings. The molecule has 1 N–H and O–H groups in total. The topological polar surface area (TPSA) is 29.1 Å². The van der Waals surface area contributed by atoms with Crippen LogP contribution in [0.15, 0.2) is 10.8 Å². The van der Waals surface area contributed by atoms with Crippen LogP contribution in [0.4, 0.5) is 0 Å². The molecule has 0 atom stereocenters. The minimum absolute atomic E-state index is 0.154. The van der Waals surface area contributed by atoms with Crippen LogP contribution in [0.3, 0.4) is 0 Å². The van der Waals surface area contributed by atoms with E-state index in [0.29, 0.717) is 13.0 Å². The third-order valence-corrected chi connectivity index (χ3v) is 3.70. The number of rotatable bonds is 6. The van der Waals surface area contributed by atoms with Gasteiger partial charge in [0.2, 0.25) is 5.91 Å². The standard InChI is InChI=1S/C11H16BrNOS/c1-9-7-15-8-10(9)6-13-11(14)4-2-3-5-12/h7-8H,2-6H2,1H3,(H,13,14). The van der Waals surface area contributed by atoms with Gasteiger partial charge in [-0.3, -0.25) is 4.79 Å². The maximum absolute atomic E-state index is 11.4. The van der Waals surface area contributed by atoms with E-state index in [2.05, 4.69) is 38.9 Å². The van der Waals surface area contributed by atoms with E-state index in [4.69, 9.17) is 0 Å². The summed E-state index contributed by atoms with van der Waals surface area (Å²) in [6, 6.07) is 0. The lowest BCUT2D eigenvalue weighted by molar-refractivity contribution is -0.121. The highest BCUT2D eigenvalue weighted by Gasteiger charge is 2.03. The number of nitrogens with one attached hydrogen (secondary N) is 1. The molecule has 84 valence electrons. The van der Waals surface area contributed by atoms with Crippen molar-refractivity contribution in [2.24, 2.45) is 0 Å². The molecule has 0 saturated carbocycles. The average Bonchev–Trinajstić information content (AvgIpc) is 2.61. The van der Waals surface area contributed by atoms with Gasteiger partial charge >= 0.3 is 0 Å². The molecule has 0 aliphatic rings. The number of aryl methyl sites for hydroxylation is 1. The molecule has 0 aromatic carbocycles. The molecule has 0 bridgehead atoms. The Bertz CT molecular complexity index is 311. The number of unbranched alkanes of at least 4 members (excludes halogenated alkanes) is 1. The summed E-state index contributed by atoms with van der Waals surface area (Å²) in [6.45, 7) is 2.74. The van der Waals surface area contributed by atoms with E-state index < -0.39 is 0 Å². The zero-order valence-electron chi connectivity index (χ0n) is 8.88. The summed E-state index contributed by atoms with van der Waals surface area (Å²) in [5, 5.41) is 8.11. The molecule has 15 heavy (non-hydrogen) atoms. The van der Waals surface area contributed by atoms with E-state index in [1.165, 1.54) is 11.1 Å². The summed E-state index contributed by atoms with van der Waals surface area (Å²) in [5.74, 6) is 0.154. The number of halogens is 1. The molecule has 1 heterocycles. The summed E-state index contributed by atoms with van der Waals surface area (Å²) in [5.41, 5.74) is 2.49. The Morgan fingerprint density at radius 2 is 2.27 bits per heavy atom. The molecule has 4 heteroatoms. The van der Waals surface area contributed by atoms with Crippen molar-refractivity contribution in [3.8, 4) is 0 Å². The van der Waals surface area contributed by atoms with Gasteiger partial charge in [-0.1, -0.05) is 15.9 Å². The van der Waals surface area contributed by atoms with Crippen LogP contribution < -0.4 is 5.32 Å². The first-order chi connectivity index (χ1) is 7.24. The highest BCUT2D eigenvalue weighted by Crippen LogP contribution is 2.13. The molecule has 0 fully saturated rings. The molecule has 0 radical (unpaired) electrons. The number of thiophene rings is 1. The van der Waals surface area contributed by atoms with E-state index in [1.807, 2.05) is 0 Å². The average molecular weight is 290 g/mol. The van der Waals surface area contributed by atoms with Gasteiger partial charge in [0, 0.05) is 18.3 Å². The van der Waals surface area contributed by atoms with Crippen LogP contribution >= 0.6 is 27.3 Å². The zero-order chi connectivity index (χ0) is 11.1. The van der Waals surface area contributed by atoms with E-state index in [1.54, 1.807) is 11.3 Å². The highest BCUT2D eigenvalue weighted by atomic mass is 79.9. The van der Waals surface area contributed by atoms with Crippen LogP contribution in [0, 0.1) is 6.92 Å². The largest absolute Gasteiger partial charge is 0.352 e. The predicted octanol–water partition coefficient (Wildman–Crippen LogP) is 3.24. The van der Waals surface area contributed by atoms with E-state index in [-0.39, 0.29) is 5.91 Å². The highest BCUT2D eigenvalue weighted by molar-refractivity contribution is 9.09. The Hall–Kier alpha value is -0.350. The molecule has 0 spiro atoms. The van der Waals surface area contributed by atoms with Crippen molar-refractivity contribution in [3.05, 3.63) is 21.9 Å². The summed E-state index contributed by atoms with van der Waals surface area (Å²) in [7, 11) is 0. The first kappa shape index (κ1) is 12.7. The molecule has 2 nitrogen and oxygen atoms in total. The number of carbonyl (C=O) groups is 1. The molecule has 1 amide bonds. The smallest absolute Gasteiger partial charge is 0.220 e. The second-order valence-corrected chi connectivity index (χ2v) is 5.04. The SMILES string of the molecule is Cc1cscc1CNC(=O)CCCCBr. The molecule has 1 rings (SSSR count). The maximum atomic E-state index is 11.4. The van der Waals surface area contributed by atoms with Crippen LogP contribution in [0.5, 0.6) is 0 Å². The van der Waals surface area contributed by atoms with Crippen molar-refractivity contribution in [1.82, 2.24) is 5.32 Å². The summed E-state index contributed by atoms with van der Waals surface area (Å²) < 4.78 is 0. The first-order valence-corrected chi connectivity index (χ1v) is 7.15. The molecular weight excluding hydrogens is 274 g/mol. The fraction of sp³-hybridized carbons (Fsp3) is 0.545. The lowest BCUT2D eigenvalue weighted by Crippen LogP contribution is -2.22. The third kappa shape index (κ3) is 4.80. The van der Waals surface area contributed by atoms with Gasteiger partial charge in [-0.2, -0.15) is 11.3 Å². The fourth-order valence-corrected chi connectivity index (χ4v) is 2.48. The van der Waals surface area contributed by atoms with E-state index >= 15 is 0 Å². The van der Waals surface area contributed by atoms with Gasteiger partial charge in [0.05, 0.1) is 0 Å². The minimum atomic E-state index is 0.154. The van der Waals surface area contributed by atoms with E-state index in [0.717, 1.165) is 18.2 Å². The second-order valence-electron chi connectivity index (χ2n) is 3.50. The van der Waals surface area contributed by atoms with Gasteiger partial charge in [-0.15, -0.1) is 0 Å². The summed E-state index contributed by atoms with van der Waals surface area (Å²) >= 11 is 5.03. The molecule has 0 unspecified atom stereocenters. The lowest BCUT2D eigenvalue weighted by atomic mass is 10.2. The van der Waals surface area contributed by atoms with Gasteiger partial charge in [-0.05, 0) is 41.7 Å². The van der Waals surface area contributed by atoms with E-state index in [9.17, 15) is 4.79 Å². The van der Waals surface area contributed by atoms with Crippen molar-refractivity contribution in [3.63, 3.8) is 0 Å². The van der Waals surface area contributed by atoms with Crippen LogP contribution in [-0.2, 0) is 11.3 Å². The number of carbonyl (C=O) groups excluding carboxylic acids is 1. The Balaban J connectivity index is 2.20. The normalized spacial score (nSPS) is 10.3. The zero-order valence-corrected chi connectivity index (χ0v) is 11.3. The van der Waals surface area contributed by atoms with Crippen molar-refractivity contribution < 1.29 is 4.79 Å². The molecule has 1 aromatic heterocycles. The maximum Gasteiger partial charge on any atom is 0.220 e. The molecular formula is C11H16BrNOS. The predicted molar refractivity (Wildman–Crippen MR) is 68.5 cm³/mol. The van der Waals surface area contributed by atoms with Crippen molar-refractivity contribution in [2.75, 3.05) is 5.33 Å². The molecule has 0 aliphatic carbocycles. The number of hydrogen-bond donors (Lipinski definition) is 1. The Morgan fingerprint density at radius 1 is 1.47 bits per heavy atom. The van der Waals surface area contributed by atoms with Crippen molar-refractivity contribution in [1.29, 1.82) is 0 Å². The number of amides is 1. The summed E-state index contributed by atoms with van der Waals surface area (Å²) in [4.78, 5) is 11.4. The Kier molecular flexibility index (Phi) is 5.95. The monoisotopic (exact) mass is 289 g/mol.